The Hall–Kier alpha value is -1.39. The Kier molecular flexibility index (Phi) is 14.5. The van der Waals surface area contributed by atoms with Gasteiger partial charge in [0.2, 0.25) is 0 Å². The number of carboxylic acid groups (broad SMARTS) is 1. The molecule has 166 valence electrons. The van der Waals surface area contributed by atoms with Crippen LogP contribution in [-0.4, -0.2) is 22.0 Å². The Morgan fingerprint density at radius 1 is 0.828 bits per heavy atom. The van der Waals surface area contributed by atoms with Gasteiger partial charge in [0.25, 0.3) is 0 Å². The van der Waals surface area contributed by atoms with Gasteiger partial charge in [-0.2, -0.15) is 0 Å². The van der Waals surface area contributed by atoms with Gasteiger partial charge in [0.05, 0.1) is 13.0 Å². The van der Waals surface area contributed by atoms with Crippen molar-refractivity contribution < 1.29 is 19.7 Å². The first kappa shape index (κ1) is 25.6. The molecule has 1 unspecified atom stereocenters. The van der Waals surface area contributed by atoms with E-state index < -0.39 is 11.8 Å². The van der Waals surface area contributed by atoms with Crippen molar-refractivity contribution in [2.45, 2.75) is 116 Å². The molecule has 0 heterocycles. The Labute approximate surface area is 177 Å². The Morgan fingerprint density at radius 2 is 1.31 bits per heavy atom. The fraction of sp³-hybridized carbons (Fsp3) is 0.720. The van der Waals surface area contributed by atoms with Gasteiger partial charge in [-0.25, -0.2) is 0 Å². The third-order valence-electron chi connectivity index (χ3n) is 5.45. The quantitative estimate of drug-likeness (QED) is 0.195. The molecule has 4 nitrogen and oxygen atoms in total. The van der Waals surface area contributed by atoms with Crippen LogP contribution in [0, 0.1) is 0 Å². The summed E-state index contributed by atoms with van der Waals surface area (Å²) in [5, 5.41) is 19.7. The lowest BCUT2D eigenvalue weighted by Gasteiger charge is -2.27. The van der Waals surface area contributed by atoms with Gasteiger partial charge in [-0.15, -0.1) is 0 Å². The van der Waals surface area contributed by atoms with Crippen molar-refractivity contribution in [2.75, 3.05) is 0 Å². The zero-order valence-corrected chi connectivity index (χ0v) is 18.4. The second-order valence-corrected chi connectivity index (χ2v) is 8.28. The van der Waals surface area contributed by atoms with E-state index in [2.05, 4.69) is 6.92 Å². The zero-order valence-electron chi connectivity index (χ0n) is 18.4. The Balaban J connectivity index is 2.10. The number of aliphatic carboxylic acids is 1. The maximum atomic E-state index is 11.1. The van der Waals surface area contributed by atoms with Crippen molar-refractivity contribution in [3.05, 3.63) is 35.9 Å². The molecule has 0 aromatic heterocycles. The summed E-state index contributed by atoms with van der Waals surface area (Å²) in [7, 11) is 0. The Morgan fingerprint density at radius 3 is 1.79 bits per heavy atom. The van der Waals surface area contributed by atoms with Crippen molar-refractivity contribution in [3.8, 4) is 0 Å². The topological polar surface area (TPSA) is 66.8 Å². The van der Waals surface area contributed by atoms with Crippen LogP contribution in [0.5, 0.6) is 0 Å². The summed E-state index contributed by atoms with van der Waals surface area (Å²) >= 11 is 0. The summed E-state index contributed by atoms with van der Waals surface area (Å²) in [5.41, 5.74) is 0.932. The number of carboxylic acids is 1. The molecule has 1 aromatic rings. The highest BCUT2D eigenvalue weighted by Gasteiger charge is 2.30. The van der Waals surface area contributed by atoms with Crippen LogP contribution in [0.25, 0.3) is 0 Å². The third kappa shape index (κ3) is 14.3. The normalized spacial score (nSPS) is 13.3. The smallest absolute Gasteiger partial charge is 0.308 e. The minimum absolute atomic E-state index is 0.225. The van der Waals surface area contributed by atoms with Gasteiger partial charge in [-0.3, -0.25) is 4.79 Å². The minimum atomic E-state index is -1.58. The highest BCUT2D eigenvalue weighted by molar-refractivity contribution is 5.67. The molecule has 1 aromatic carbocycles. The maximum absolute atomic E-state index is 11.1. The fourth-order valence-electron chi connectivity index (χ4n) is 3.66. The molecule has 0 aliphatic heterocycles. The summed E-state index contributed by atoms with van der Waals surface area (Å²) in [4.78, 5) is 11.1. The molecule has 0 radical (unpaired) electrons. The zero-order chi connectivity index (χ0) is 21.2. The van der Waals surface area contributed by atoms with Crippen LogP contribution in [0.3, 0.4) is 0 Å². The molecule has 1 rings (SSSR count). The molecule has 0 fully saturated rings. The van der Waals surface area contributed by atoms with Crippen LogP contribution in [0.1, 0.15) is 109 Å². The average molecular weight is 407 g/mol. The van der Waals surface area contributed by atoms with Crippen LogP contribution < -0.4 is 0 Å². The number of ether oxygens (including phenoxy) is 1. The number of hydrogen-bond acceptors (Lipinski definition) is 3. The van der Waals surface area contributed by atoms with Crippen LogP contribution in [0.15, 0.2) is 30.3 Å². The highest BCUT2D eigenvalue weighted by atomic mass is 16.6. The summed E-state index contributed by atoms with van der Waals surface area (Å²) in [6.07, 6.45) is 16.3. The summed E-state index contributed by atoms with van der Waals surface area (Å²) in [6.45, 7) is 2.48. The average Bonchev–Trinajstić information content (AvgIpc) is 2.70. The van der Waals surface area contributed by atoms with E-state index in [0.717, 1.165) is 24.8 Å². The molecule has 2 N–H and O–H groups in total. The fourth-order valence-corrected chi connectivity index (χ4v) is 3.66. The molecule has 0 aliphatic rings. The highest BCUT2D eigenvalue weighted by Crippen LogP contribution is 2.23. The van der Waals surface area contributed by atoms with Crippen molar-refractivity contribution in [1.82, 2.24) is 0 Å². The Bertz CT molecular complexity index is 517. The lowest BCUT2D eigenvalue weighted by atomic mass is 10.0. The van der Waals surface area contributed by atoms with Crippen molar-refractivity contribution >= 4 is 5.97 Å². The van der Waals surface area contributed by atoms with Gasteiger partial charge >= 0.3 is 5.97 Å². The van der Waals surface area contributed by atoms with E-state index >= 15 is 0 Å². The number of carbonyl (C=O) groups is 1. The summed E-state index contributed by atoms with van der Waals surface area (Å²) in [6, 6.07) is 9.54. The van der Waals surface area contributed by atoms with E-state index in [9.17, 15) is 9.90 Å². The van der Waals surface area contributed by atoms with Gasteiger partial charge in [0, 0.05) is 6.42 Å². The first-order chi connectivity index (χ1) is 14.1. The van der Waals surface area contributed by atoms with Gasteiger partial charge in [0.1, 0.15) is 0 Å². The standard InChI is InChI=1S/C25H42O4/c1-2-3-4-5-6-7-8-9-10-11-12-13-17-20-25(28,21-24(26)27)29-22-23-18-15-14-16-19-23/h14-16,18-19,28H,2-13,17,20-22H2,1H3,(H,26,27). The van der Waals surface area contributed by atoms with E-state index in [1.165, 1.54) is 64.2 Å². The molecule has 0 aliphatic carbocycles. The molecule has 1 atom stereocenters. The SMILES string of the molecule is CCCCCCCCCCCCCCCC(O)(CC(=O)O)OCc1ccccc1. The maximum Gasteiger partial charge on any atom is 0.308 e. The number of hydrogen-bond donors (Lipinski definition) is 2. The second-order valence-electron chi connectivity index (χ2n) is 8.28. The molecule has 4 heteroatoms. The third-order valence-corrected chi connectivity index (χ3v) is 5.45. The van der Waals surface area contributed by atoms with Crippen molar-refractivity contribution in [1.29, 1.82) is 0 Å². The molecule has 0 amide bonds. The predicted molar refractivity (Wildman–Crippen MR) is 119 cm³/mol. The molecule has 0 saturated carbocycles. The van der Waals surface area contributed by atoms with Gasteiger partial charge in [-0.05, 0) is 12.0 Å². The molecule has 0 bridgehead atoms. The van der Waals surface area contributed by atoms with E-state index in [1.807, 2.05) is 30.3 Å². The van der Waals surface area contributed by atoms with E-state index in [4.69, 9.17) is 9.84 Å². The lowest BCUT2D eigenvalue weighted by Crippen LogP contribution is -2.35. The monoisotopic (exact) mass is 406 g/mol. The van der Waals surface area contributed by atoms with Gasteiger partial charge in [0.15, 0.2) is 5.79 Å². The van der Waals surface area contributed by atoms with E-state index in [0.29, 0.717) is 6.42 Å². The summed E-state index contributed by atoms with van der Waals surface area (Å²) in [5.74, 6) is -2.62. The first-order valence-corrected chi connectivity index (χ1v) is 11.7. The van der Waals surface area contributed by atoms with Crippen LogP contribution >= 0.6 is 0 Å². The number of aliphatic hydroxyl groups is 1. The second kappa shape index (κ2) is 16.4. The predicted octanol–water partition coefficient (Wildman–Crippen LogP) is 6.85. The van der Waals surface area contributed by atoms with Gasteiger partial charge < -0.3 is 14.9 Å². The van der Waals surface area contributed by atoms with Crippen LogP contribution in [0.2, 0.25) is 0 Å². The summed E-state index contributed by atoms with van der Waals surface area (Å²) < 4.78 is 5.61. The molecule has 0 spiro atoms. The van der Waals surface area contributed by atoms with Crippen molar-refractivity contribution in [2.24, 2.45) is 0 Å². The largest absolute Gasteiger partial charge is 0.481 e. The molecular weight excluding hydrogens is 364 g/mol. The first-order valence-electron chi connectivity index (χ1n) is 11.7. The van der Waals surface area contributed by atoms with Crippen LogP contribution in [0.4, 0.5) is 0 Å². The number of rotatable bonds is 19. The lowest BCUT2D eigenvalue weighted by molar-refractivity contribution is -0.222. The van der Waals surface area contributed by atoms with E-state index in [1.54, 1.807) is 0 Å². The van der Waals surface area contributed by atoms with Crippen LogP contribution in [-0.2, 0) is 16.1 Å². The molecular formula is C25H42O4. The number of benzene rings is 1. The van der Waals surface area contributed by atoms with E-state index in [-0.39, 0.29) is 13.0 Å². The minimum Gasteiger partial charge on any atom is -0.481 e. The molecule has 29 heavy (non-hydrogen) atoms. The van der Waals surface area contributed by atoms with Gasteiger partial charge in [-0.1, -0.05) is 114 Å². The number of unbranched alkanes of at least 4 members (excludes halogenated alkanes) is 12. The van der Waals surface area contributed by atoms with Crippen molar-refractivity contribution in [3.63, 3.8) is 0 Å². The molecule has 0 saturated heterocycles.